The van der Waals surface area contributed by atoms with Crippen LogP contribution in [0, 0.1) is 0 Å². The molecule has 0 unspecified atom stereocenters. The first kappa shape index (κ1) is 11.1. The first-order valence-corrected chi connectivity index (χ1v) is 5.83. The van der Waals surface area contributed by atoms with Gasteiger partial charge in [-0.15, -0.1) is 0 Å². The molecule has 7 heteroatoms. The third kappa shape index (κ3) is 2.08. The summed E-state index contributed by atoms with van der Waals surface area (Å²) < 4.78 is 31.8. The number of rotatable bonds is 3. The second-order valence-electron chi connectivity index (χ2n) is 2.29. The van der Waals surface area contributed by atoms with Gasteiger partial charge in [-0.1, -0.05) is 0 Å². The van der Waals surface area contributed by atoms with Gasteiger partial charge < -0.3 is 9.47 Å². The quantitative estimate of drug-likeness (QED) is 0.735. The summed E-state index contributed by atoms with van der Waals surface area (Å²) in [4.78, 5) is 3.60. The number of pyridine rings is 1. The minimum Gasteiger partial charge on any atom is -0.493 e. The molecule has 1 rings (SSSR count). The molecule has 0 aliphatic heterocycles. The van der Waals surface area contributed by atoms with Gasteiger partial charge in [-0.25, -0.2) is 13.4 Å². The fourth-order valence-electron chi connectivity index (χ4n) is 0.935. The van der Waals surface area contributed by atoms with E-state index in [0.29, 0.717) is 0 Å². The molecular formula is C7H8ClNO4S. The minimum atomic E-state index is -3.92. The van der Waals surface area contributed by atoms with E-state index in [-0.39, 0.29) is 16.5 Å². The van der Waals surface area contributed by atoms with Crippen molar-refractivity contribution in [1.82, 2.24) is 4.98 Å². The number of methoxy groups -OCH3 is 2. The zero-order chi connectivity index (χ0) is 10.8. The Kier molecular flexibility index (Phi) is 3.17. The van der Waals surface area contributed by atoms with Crippen molar-refractivity contribution in [2.24, 2.45) is 0 Å². The van der Waals surface area contributed by atoms with E-state index in [1.165, 1.54) is 26.5 Å². The van der Waals surface area contributed by atoms with E-state index in [1.54, 1.807) is 0 Å². The van der Waals surface area contributed by atoms with Crippen LogP contribution in [-0.2, 0) is 9.05 Å². The molecule has 0 aliphatic rings. The average molecular weight is 238 g/mol. The van der Waals surface area contributed by atoms with Gasteiger partial charge in [-0.3, -0.25) is 0 Å². The predicted molar refractivity (Wildman–Crippen MR) is 50.4 cm³/mol. The minimum absolute atomic E-state index is 0.00463. The van der Waals surface area contributed by atoms with Gasteiger partial charge in [-0.05, 0) is 0 Å². The zero-order valence-corrected chi connectivity index (χ0v) is 9.09. The molecule has 1 heterocycles. The lowest BCUT2D eigenvalue weighted by Crippen LogP contribution is -2.01. The number of ether oxygens (including phenoxy) is 2. The number of halogens is 1. The summed E-state index contributed by atoms with van der Waals surface area (Å²) in [5.41, 5.74) is 0. The Labute approximate surface area is 86.0 Å². The Morgan fingerprint density at radius 1 is 1.36 bits per heavy atom. The van der Waals surface area contributed by atoms with Gasteiger partial charge in [0, 0.05) is 22.9 Å². The van der Waals surface area contributed by atoms with E-state index >= 15 is 0 Å². The molecule has 14 heavy (non-hydrogen) atoms. The maximum Gasteiger partial charge on any atom is 0.282 e. The molecule has 0 aliphatic carbocycles. The lowest BCUT2D eigenvalue weighted by atomic mass is 10.4. The van der Waals surface area contributed by atoms with E-state index in [4.69, 9.17) is 20.2 Å². The topological polar surface area (TPSA) is 65.5 Å². The van der Waals surface area contributed by atoms with Gasteiger partial charge in [-0.2, -0.15) is 0 Å². The third-order valence-corrected chi connectivity index (χ3v) is 2.68. The molecule has 0 amide bonds. The van der Waals surface area contributed by atoms with Gasteiger partial charge in [0.2, 0.25) is 5.03 Å². The fourth-order valence-corrected chi connectivity index (χ4v) is 1.86. The van der Waals surface area contributed by atoms with Gasteiger partial charge >= 0.3 is 0 Å². The smallest absolute Gasteiger partial charge is 0.282 e. The van der Waals surface area contributed by atoms with E-state index in [9.17, 15) is 8.42 Å². The second kappa shape index (κ2) is 4.02. The molecule has 1 aromatic rings. The molecule has 5 nitrogen and oxygen atoms in total. The standard InChI is InChI=1S/C7H8ClNO4S/c1-12-5-3-4-9-7(6(5)13-2)14(8,10)11/h3-4H,1-2H3. The van der Waals surface area contributed by atoms with Crippen LogP contribution in [0.25, 0.3) is 0 Å². The van der Waals surface area contributed by atoms with Crippen molar-refractivity contribution in [1.29, 1.82) is 0 Å². The number of nitrogens with zero attached hydrogens (tertiary/aromatic N) is 1. The van der Waals surface area contributed by atoms with Crippen LogP contribution < -0.4 is 9.47 Å². The summed E-state index contributed by atoms with van der Waals surface area (Å²) >= 11 is 0. The molecule has 0 fully saturated rings. The molecule has 0 spiro atoms. The SMILES string of the molecule is COc1ccnc(S(=O)(=O)Cl)c1OC. The van der Waals surface area contributed by atoms with Gasteiger partial charge in [0.15, 0.2) is 11.5 Å². The molecular weight excluding hydrogens is 230 g/mol. The Bertz CT molecular complexity index is 431. The normalized spacial score (nSPS) is 11.1. The van der Waals surface area contributed by atoms with E-state index in [2.05, 4.69) is 4.98 Å². The fraction of sp³-hybridized carbons (Fsp3) is 0.286. The van der Waals surface area contributed by atoms with Crippen molar-refractivity contribution in [3.8, 4) is 11.5 Å². The summed E-state index contributed by atoms with van der Waals surface area (Å²) in [6, 6.07) is 1.48. The molecule has 0 radical (unpaired) electrons. The number of aromatic nitrogens is 1. The third-order valence-electron chi connectivity index (χ3n) is 1.49. The Hall–Kier alpha value is -1.01. The van der Waals surface area contributed by atoms with Crippen LogP contribution in [0.4, 0.5) is 0 Å². The highest BCUT2D eigenvalue weighted by Gasteiger charge is 2.21. The summed E-state index contributed by atoms with van der Waals surface area (Å²) in [6.07, 6.45) is 1.27. The van der Waals surface area contributed by atoms with Crippen LogP contribution in [0.15, 0.2) is 17.3 Å². The van der Waals surface area contributed by atoms with Crippen molar-refractivity contribution in [2.75, 3.05) is 14.2 Å². The highest BCUT2D eigenvalue weighted by atomic mass is 35.7. The summed E-state index contributed by atoms with van der Waals surface area (Å²) in [5.74, 6) is 0.270. The van der Waals surface area contributed by atoms with Crippen molar-refractivity contribution in [3.63, 3.8) is 0 Å². The molecule has 0 atom stereocenters. The van der Waals surface area contributed by atoms with Crippen LogP contribution in [0.5, 0.6) is 11.5 Å². The van der Waals surface area contributed by atoms with Gasteiger partial charge in [0.25, 0.3) is 9.05 Å². The predicted octanol–water partition coefficient (Wildman–Crippen LogP) is 1.03. The lowest BCUT2D eigenvalue weighted by molar-refractivity contribution is 0.343. The molecule has 0 aromatic carbocycles. The lowest BCUT2D eigenvalue weighted by Gasteiger charge is -2.08. The van der Waals surface area contributed by atoms with Crippen molar-refractivity contribution >= 4 is 19.7 Å². The van der Waals surface area contributed by atoms with Crippen molar-refractivity contribution in [3.05, 3.63) is 12.3 Å². The monoisotopic (exact) mass is 237 g/mol. The Balaban J connectivity index is 3.45. The number of hydrogen-bond acceptors (Lipinski definition) is 5. The maximum absolute atomic E-state index is 11.0. The molecule has 0 saturated heterocycles. The Morgan fingerprint density at radius 3 is 2.43 bits per heavy atom. The van der Waals surface area contributed by atoms with Crippen LogP contribution in [0.2, 0.25) is 0 Å². The van der Waals surface area contributed by atoms with Gasteiger partial charge in [0.1, 0.15) is 0 Å². The highest BCUT2D eigenvalue weighted by Crippen LogP contribution is 2.33. The average Bonchev–Trinajstić information content (AvgIpc) is 2.15. The zero-order valence-electron chi connectivity index (χ0n) is 7.52. The van der Waals surface area contributed by atoms with E-state index in [0.717, 1.165) is 0 Å². The first-order valence-electron chi connectivity index (χ1n) is 3.52. The first-order chi connectivity index (χ1) is 6.50. The van der Waals surface area contributed by atoms with Crippen LogP contribution in [0.3, 0.4) is 0 Å². The summed E-state index contributed by atoms with van der Waals surface area (Å²) in [6.45, 7) is 0. The number of hydrogen-bond donors (Lipinski definition) is 0. The van der Waals surface area contributed by atoms with Crippen molar-refractivity contribution in [2.45, 2.75) is 5.03 Å². The Morgan fingerprint density at radius 2 is 2.00 bits per heavy atom. The highest BCUT2D eigenvalue weighted by molar-refractivity contribution is 8.13. The largest absolute Gasteiger partial charge is 0.493 e. The molecule has 0 saturated carbocycles. The van der Waals surface area contributed by atoms with Crippen LogP contribution in [0.1, 0.15) is 0 Å². The molecule has 0 N–H and O–H groups in total. The van der Waals surface area contributed by atoms with E-state index < -0.39 is 9.05 Å². The maximum atomic E-state index is 11.0. The van der Waals surface area contributed by atoms with Crippen molar-refractivity contribution < 1.29 is 17.9 Å². The summed E-state index contributed by atoms with van der Waals surface area (Å²) in [5, 5.41) is -0.346. The van der Waals surface area contributed by atoms with Crippen LogP contribution in [-0.4, -0.2) is 27.6 Å². The van der Waals surface area contributed by atoms with Gasteiger partial charge in [0.05, 0.1) is 14.2 Å². The molecule has 0 bridgehead atoms. The second-order valence-corrected chi connectivity index (χ2v) is 4.77. The van der Waals surface area contributed by atoms with E-state index in [1.807, 2.05) is 0 Å². The summed E-state index contributed by atoms with van der Waals surface area (Å²) in [7, 11) is 3.93. The molecule has 1 aromatic heterocycles. The molecule has 78 valence electrons. The van der Waals surface area contributed by atoms with Crippen LogP contribution >= 0.6 is 10.7 Å².